The van der Waals surface area contributed by atoms with Crippen molar-refractivity contribution >= 4 is 0 Å². The summed E-state index contributed by atoms with van der Waals surface area (Å²) in [6.45, 7) is 6.43. The van der Waals surface area contributed by atoms with Crippen LogP contribution in [0.25, 0.3) is 0 Å². The van der Waals surface area contributed by atoms with Gasteiger partial charge in [0.05, 0.1) is 12.8 Å². The fourth-order valence-electron chi connectivity index (χ4n) is 2.51. The lowest BCUT2D eigenvalue weighted by Crippen LogP contribution is -2.45. The van der Waals surface area contributed by atoms with Crippen molar-refractivity contribution in [3.8, 4) is 5.88 Å². The molecular weight excluding hydrogens is 226 g/mol. The van der Waals surface area contributed by atoms with Crippen molar-refractivity contribution in [3.63, 3.8) is 0 Å². The van der Waals surface area contributed by atoms with E-state index in [1.165, 1.54) is 12.8 Å². The molecule has 100 valence electrons. The second-order valence-electron chi connectivity index (χ2n) is 4.73. The lowest BCUT2D eigenvalue weighted by molar-refractivity contribution is 0.164. The number of nitrogens with one attached hydrogen (secondary N) is 1. The maximum absolute atomic E-state index is 5.17. The quantitative estimate of drug-likeness (QED) is 0.861. The highest BCUT2D eigenvalue weighted by Crippen LogP contribution is 2.14. The van der Waals surface area contributed by atoms with Crippen LogP contribution in [0.4, 0.5) is 0 Å². The summed E-state index contributed by atoms with van der Waals surface area (Å²) in [7, 11) is 1.66. The van der Waals surface area contributed by atoms with Gasteiger partial charge in [-0.15, -0.1) is 0 Å². The van der Waals surface area contributed by atoms with E-state index in [9.17, 15) is 0 Å². The van der Waals surface area contributed by atoms with Crippen LogP contribution in [-0.4, -0.2) is 42.7 Å². The largest absolute Gasteiger partial charge is 0.481 e. The molecule has 18 heavy (non-hydrogen) atoms. The zero-order valence-corrected chi connectivity index (χ0v) is 11.4. The zero-order chi connectivity index (χ0) is 12.8. The Morgan fingerprint density at radius 3 is 3.06 bits per heavy atom. The van der Waals surface area contributed by atoms with E-state index >= 15 is 0 Å². The van der Waals surface area contributed by atoms with Crippen LogP contribution in [0, 0.1) is 0 Å². The number of hydrogen-bond donors (Lipinski definition) is 1. The maximum Gasteiger partial charge on any atom is 0.213 e. The topological polar surface area (TPSA) is 37.4 Å². The molecule has 1 saturated heterocycles. The molecule has 4 heteroatoms. The van der Waals surface area contributed by atoms with Gasteiger partial charge < -0.3 is 10.1 Å². The maximum atomic E-state index is 5.17. The van der Waals surface area contributed by atoms with E-state index in [0.717, 1.165) is 31.9 Å². The van der Waals surface area contributed by atoms with Gasteiger partial charge in [-0.05, 0) is 32.0 Å². The molecule has 0 radical (unpaired) electrons. The fraction of sp³-hybridized carbons (Fsp3) is 0.643. The van der Waals surface area contributed by atoms with Gasteiger partial charge >= 0.3 is 0 Å². The van der Waals surface area contributed by atoms with Crippen LogP contribution in [0.1, 0.15) is 25.5 Å². The minimum Gasteiger partial charge on any atom is -0.481 e. The molecule has 1 aliphatic rings. The number of pyridine rings is 1. The molecule has 2 rings (SSSR count). The van der Waals surface area contributed by atoms with Gasteiger partial charge in [0, 0.05) is 25.2 Å². The first kappa shape index (κ1) is 13.3. The van der Waals surface area contributed by atoms with E-state index in [2.05, 4.69) is 28.2 Å². The van der Waals surface area contributed by atoms with Crippen molar-refractivity contribution in [3.05, 3.63) is 23.9 Å². The second-order valence-corrected chi connectivity index (χ2v) is 4.73. The van der Waals surface area contributed by atoms with Crippen molar-refractivity contribution in [2.45, 2.75) is 32.4 Å². The van der Waals surface area contributed by atoms with Crippen LogP contribution < -0.4 is 10.1 Å². The average Bonchev–Trinajstić information content (AvgIpc) is 2.46. The lowest BCUT2D eigenvalue weighted by atomic mass is 10.1. The van der Waals surface area contributed by atoms with Crippen LogP contribution in [-0.2, 0) is 6.54 Å². The Labute approximate surface area is 109 Å². The fourth-order valence-corrected chi connectivity index (χ4v) is 2.51. The molecule has 0 bridgehead atoms. The number of nitrogens with zero attached hydrogens (tertiary/aromatic N) is 2. The standard InChI is InChI=1S/C14H23N3O/c1-3-17(13-7-5-9-15-10-13)11-12-6-4-8-14(16-12)18-2/h4,6,8,13,15H,3,5,7,9-11H2,1-2H3. The predicted molar refractivity (Wildman–Crippen MR) is 72.8 cm³/mol. The van der Waals surface area contributed by atoms with Gasteiger partial charge in [0.25, 0.3) is 0 Å². The van der Waals surface area contributed by atoms with Crippen LogP contribution in [0.5, 0.6) is 5.88 Å². The molecule has 1 atom stereocenters. The van der Waals surface area contributed by atoms with Crippen molar-refractivity contribution in [2.24, 2.45) is 0 Å². The molecule has 4 nitrogen and oxygen atoms in total. The predicted octanol–water partition coefficient (Wildman–Crippen LogP) is 1.66. The first-order chi connectivity index (χ1) is 8.83. The molecule has 1 aromatic heterocycles. The number of likely N-dealkylation sites (N-methyl/N-ethyl adjacent to an activating group) is 1. The van der Waals surface area contributed by atoms with Gasteiger partial charge in [0.1, 0.15) is 0 Å². The van der Waals surface area contributed by atoms with Gasteiger partial charge in [0.2, 0.25) is 5.88 Å². The molecule has 0 amide bonds. The average molecular weight is 249 g/mol. The first-order valence-electron chi connectivity index (χ1n) is 6.78. The molecule has 0 aliphatic carbocycles. The van der Waals surface area contributed by atoms with Crippen molar-refractivity contribution < 1.29 is 4.74 Å². The zero-order valence-electron chi connectivity index (χ0n) is 11.4. The van der Waals surface area contributed by atoms with Gasteiger partial charge in [-0.3, -0.25) is 4.90 Å². The molecule has 1 unspecified atom stereocenters. The minimum absolute atomic E-state index is 0.636. The number of piperidine rings is 1. The SMILES string of the molecule is CCN(Cc1cccc(OC)n1)C1CCCNC1. The Kier molecular flexibility index (Phi) is 4.96. The van der Waals surface area contributed by atoms with Crippen molar-refractivity contribution in [1.82, 2.24) is 15.2 Å². The number of rotatable bonds is 5. The van der Waals surface area contributed by atoms with Crippen LogP contribution in [0.3, 0.4) is 0 Å². The Bertz CT molecular complexity index is 364. The monoisotopic (exact) mass is 249 g/mol. The van der Waals surface area contributed by atoms with E-state index in [1.54, 1.807) is 7.11 Å². The Hall–Kier alpha value is -1.13. The molecule has 1 N–H and O–H groups in total. The third-order valence-electron chi connectivity index (χ3n) is 3.55. The summed E-state index contributed by atoms with van der Waals surface area (Å²) in [6.07, 6.45) is 2.55. The van der Waals surface area contributed by atoms with Crippen LogP contribution in [0.2, 0.25) is 0 Å². The van der Waals surface area contributed by atoms with Crippen LogP contribution >= 0.6 is 0 Å². The normalized spacial score (nSPS) is 20.1. The molecule has 2 heterocycles. The van der Waals surface area contributed by atoms with E-state index in [1.807, 2.05) is 12.1 Å². The highest BCUT2D eigenvalue weighted by Gasteiger charge is 2.20. The summed E-state index contributed by atoms with van der Waals surface area (Å²) in [6, 6.07) is 6.61. The Morgan fingerprint density at radius 1 is 1.50 bits per heavy atom. The summed E-state index contributed by atoms with van der Waals surface area (Å²) in [5.41, 5.74) is 1.08. The van der Waals surface area contributed by atoms with E-state index < -0.39 is 0 Å². The Morgan fingerprint density at radius 2 is 2.39 bits per heavy atom. The van der Waals surface area contributed by atoms with Crippen molar-refractivity contribution in [1.29, 1.82) is 0 Å². The third kappa shape index (κ3) is 3.43. The molecule has 1 aliphatic heterocycles. The lowest BCUT2D eigenvalue weighted by Gasteiger charge is -2.33. The Balaban J connectivity index is 1.99. The molecule has 1 fully saturated rings. The van der Waals surface area contributed by atoms with Gasteiger partial charge in [-0.1, -0.05) is 13.0 Å². The summed E-state index contributed by atoms with van der Waals surface area (Å²) in [4.78, 5) is 6.98. The summed E-state index contributed by atoms with van der Waals surface area (Å²) in [5, 5.41) is 3.47. The number of hydrogen-bond acceptors (Lipinski definition) is 4. The highest BCUT2D eigenvalue weighted by molar-refractivity contribution is 5.15. The molecule has 0 saturated carbocycles. The third-order valence-corrected chi connectivity index (χ3v) is 3.55. The number of methoxy groups -OCH3 is 1. The molecule has 1 aromatic rings. The highest BCUT2D eigenvalue weighted by atomic mass is 16.5. The number of ether oxygens (including phenoxy) is 1. The van der Waals surface area contributed by atoms with E-state index in [4.69, 9.17) is 4.74 Å². The smallest absolute Gasteiger partial charge is 0.213 e. The summed E-state index contributed by atoms with van der Waals surface area (Å²) >= 11 is 0. The second kappa shape index (κ2) is 6.71. The molecule has 0 spiro atoms. The molecule has 0 aromatic carbocycles. The summed E-state index contributed by atoms with van der Waals surface area (Å²) < 4.78 is 5.17. The number of aromatic nitrogens is 1. The minimum atomic E-state index is 0.636. The van der Waals surface area contributed by atoms with Gasteiger partial charge in [0.15, 0.2) is 0 Å². The van der Waals surface area contributed by atoms with Crippen molar-refractivity contribution in [2.75, 3.05) is 26.7 Å². The summed E-state index contributed by atoms with van der Waals surface area (Å²) in [5.74, 6) is 0.699. The van der Waals surface area contributed by atoms with Gasteiger partial charge in [-0.2, -0.15) is 0 Å². The van der Waals surface area contributed by atoms with E-state index in [0.29, 0.717) is 11.9 Å². The van der Waals surface area contributed by atoms with Crippen LogP contribution in [0.15, 0.2) is 18.2 Å². The molecular formula is C14H23N3O. The van der Waals surface area contributed by atoms with Gasteiger partial charge in [-0.25, -0.2) is 4.98 Å². The first-order valence-corrected chi connectivity index (χ1v) is 6.78. The van der Waals surface area contributed by atoms with E-state index in [-0.39, 0.29) is 0 Å².